The minimum absolute atomic E-state index is 0.762. The van der Waals surface area contributed by atoms with Crippen LogP contribution in [0.5, 0.6) is 0 Å². The van der Waals surface area contributed by atoms with Crippen molar-refractivity contribution in [2.24, 2.45) is 5.84 Å². The Kier molecular flexibility index (Phi) is 3.96. The lowest BCUT2D eigenvalue weighted by molar-refractivity contribution is 0.0451. The largest absolute Gasteiger partial charge is 0.324 e. The van der Waals surface area contributed by atoms with Crippen molar-refractivity contribution in [3.05, 3.63) is 24.0 Å². The number of nitrogens with zero attached hydrogens (tertiary/aromatic N) is 3. The molecule has 0 bridgehead atoms. The molecule has 0 amide bonds. The number of nitrogens with two attached hydrogens (primary N) is 1. The van der Waals surface area contributed by atoms with E-state index in [-0.39, 0.29) is 0 Å². The highest BCUT2D eigenvalue weighted by molar-refractivity contribution is 5.41. The maximum absolute atomic E-state index is 5.44. The van der Waals surface area contributed by atoms with Gasteiger partial charge in [0.25, 0.3) is 0 Å². The first-order chi connectivity index (χ1) is 9.35. The molecular weight excluding hydrogens is 238 g/mol. The highest BCUT2D eigenvalue weighted by Gasteiger charge is 2.28. The summed E-state index contributed by atoms with van der Waals surface area (Å²) < 4.78 is 0. The topological polar surface area (TPSA) is 57.4 Å². The smallest absolute Gasteiger partial charge is 0.0564 e. The number of piperazine rings is 1. The van der Waals surface area contributed by atoms with Gasteiger partial charge in [-0.3, -0.25) is 20.6 Å². The molecule has 5 nitrogen and oxygen atoms in total. The minimum atomic E-state index is 0.762. The van der Waals surface area contributed by atoms with Crippen LogP contribution >= 0.6 is 0 Å². The molecule has 1 unspecified atom stereocenters. The van der Waals surface area contributed by atoms with Crippen LogP contribution in [0.4, 0.5) is 5.69 Å². The molecule has 0 aliphatic carbocycles. The summed E-state index contributed by atoms with van der Waals surface area (Å²) in [6.07, 6.45) is 5.94. The number of nitrogen functional groups attached to an aromatic ring is 1. The van der Waals surface area contributed by atoms with Crippen LogP contribution in [0, 0.1) is 0 Å². The van der Waals surface area contributed by atoms with Crippen LogP contribution in [0.15, 0.2) is 18.3 Å². The van der Waals surface area contributed by atoms with E-state index in [0.717, 1.165) is 30.5 Å². The van der Waals surface area contributed by atoms with Gasteiger partial charge in [0.1, 0.15) is 0 Å². The van der Waals surface area contributed by atoms with Crippen molar-refractivity contribution >= 4 is 5.69 Å². The molecule has 3 heterocycles. The molecule has 2 fully saturated rings. The van der Waals surface area contributed by atoms with Gasteiger partial charge in [-0.2, -0.15) is 0 Å². The molecule has 19 heavy (non-hydrogen) atoms. The van der Waals surface area contributed by atoms with Gasteiger partial charge < -0.3 is 5.43 Å². The summed E-state index contributed by atoms with van der Waals surface area (Å²) in [4.78, 5) is 9.62. The Labute approximate surface area is 114 Å². The lowest BCUT2D eigenvalue weighted by Gasteiger charge is -2.44. The van der Waals surface area contributed by atoms with Crippen molar-refractivity contribution in [1.82, 2.24) is 14.8 Å². The first kappa shape index (κ1) is 12.8. The van der Waals surface area contributed by atoms with Crippen LogP contribution in [0.25, 0.3) is 0 Å². The Balaban J connectivity index is 1.60. The Morgan fingerprint density at radius 3 is 3.16 bits per heavy atom. The van der Waals surface area contributed by atoms with Crippen LogP contribution in [-0.2, 0) is 6.54 Å². The Hall–Kier alpha value is -1.17. The van der Waals surface area contributed by atoms with Gasteiger partial charge in [-0.1, -0.05) is 6.42 Å². The molecule has 3 N–H and O–H groups in total. The first-order valence-corrected chi connectivity index (χ1v) is 7.23. The van der Waals surface area contributed by atoms with E-state index in [1.165, 1.54) is 38.9 Å². The van der Waals surface area contributed by atoms with Gasteiger partial charge in [0.05, 0.1) is 11.4 Å². The van der Waals surface area contributed by atoms with Gasteiger partial charge in [0.15, 0.2) is 0 Å². The monoisotopic (exact) mass is 261 g/mol. The van der Waals surface area contributed by atoms with E-state index >= 15 is 0 Å². The molecule has 0 spiro atoms. The summed E-state index contributed by atoms with van der Waals surface area (Å²) >= 11 is 0. The zero-order valence-corrected chi connectivity index (χ0v) is 11.4. The van der Waals surface area contributed by atoms with Crippen molar-refractivity contribution in [2.75, 3.05) is 31.6 Å². The van der Waals surface area contributed by atoms with Gasteiger partial charge in [-0.05, 0) is 31.5 Å². The third kappa shape index (κ3) is 3.05. The van der Waals surface area contributed by atoms with Gasteiger partial charge in [0.2, 0.25) is 0 Å². The number of rotatable bonds is 3. The normalized spacial score (nSPS) is 25.0. The van der Waals surface area contributed by atoms with E-state index in [9.17, 15) is 0 Å². The van der Waals surface area contributed by atoms with Gasteiger partial charge in [-0.25, -0.2) is 0 Å². The third-order valence-corrected chi connectivity index (χ3v) is 4.29. The summed E-state index contributed by atoms with van der Waals surface area (Å²) in [7, 11) is 0. The second kappa shape index (κ2) is 5.86. The number of anilines is 1. The fourth-order valence-electron chi connectivity index (χ4n) is 3.25. The molecule has 1 aromatic heterocycles. The van der Waals surface area contributed by atoms with Crippen LogP contribution in [0.1, 0.15) is 25.0 Å². The molecule has 0 saturated carbocycles. The average molecular weight is 261 g/mol. The highest BCUT2D eigenvalue weighted by Crippen LogP contribution is 2.22. The molecule has 1 aromatic rings. The van der Waals surface area contributed by atoms with E-state index < -0.39 is 0 Å². The lowest BCUT2D eigenvalue weighted by Crippen LogP contribution is -2.54. The van der Waals surface area contributed by atoms with E-state index in [0.29, 0.717) is 0 Å². The number of nitrogens with one attached hydrogen (secondary N) is 1. The number of pyridine rings is 1. The number of hydrogen-bond donors (Lipinski definition) is 2. The summed E-state index contributed by atoms with van der Waals surface area (Å²) in [6, 6.07) is 4.69. The Morgan fingerprint density at radius 2 is 2.26 bits per heavy atom. The molecule has 2 aliphatic rings. The molecule has 0 aromatic carbocycles. The maximum Gasteiger partial charge on any atom is 0.0564 e. The van der Waals surface area contributed by atoms with Crippen molar-refractivity contribution < 1.29 is 0 Å². The molecule has 5 heteroatoms. The van der Waals surface area contributed by atoms with E-state index in [4.69, 9.17) is 5.84 Å². The van der Waals surface area contributed by atoms with Crippen molar-refractivity contribution in [3.8, 4) is 0 Å². The SMILES string of the molecule is NNc1ccnc(CN2CCN3CCCCC3C2)c1. The summed E-state index contributed by atoms with van der Waals surface area (Å²) in [5.74, 6) is 5.44. The number of hydrogen-bond acceptors (Lipinski definition) is 5. The molecule has 104 valence electrons. The average Bonchev–Trinajstić information content (AvgIpc) is 2.47. The predicted molar refractivity (Wildman–Crippen MR) is 76.5 cm³/mol. The number of piperidine rings is 1. The molecule has 2 saturated heterocycles. The number of fused-ring (bicyclic) bond motifs is 1. The van der Waals surface area contributed by atoms with Crippen molar-refractivity contribution in [1.29, 1.82) is 0 Å². The summed E-state index contributed by atoms with van der Waals surface area (Å²) in [5.41, 5.74) is 4.71. The van der Waals surface area contributed by atoms with Gasteiger partial charge in [0, 0.05) is 38.4 Å². The number of aromatic nitrogens is 1. The van der Waals surface area contributed by atoms with E-state index in [2.05, 4.69) is 20.2 Å². The second-order valence-corrected chi connectivity index (χ2v) is 5.60. The van der Waals surface area contributed by atoms with Crippen LogP contribution in [0.3, 0.4) is 0 Å². The molecule has 3 rings (SSSR count). The predicted octanol–water partition coefficient (Wildman–Crippen LogP) is 1.04. The fraction of sp³-hybridized carbons (Fsp3) is 0.643. The minimum Gasteiger partial charge on any atom is -0.324 e. The molecule has 2 aliphatic heterocycles. The summed E-state index contributed by atoms with van der Waals surface area (Å²) in [6.45, 7) is 5.77. The van der Waals surface area contributed by atoms with Crippen molar-refractivity contribution in [3.63, 3.8) is 0 Å². The molecule has 1 atom stereocenters. The maximum atomic E-state index is 5.44. The lowest BCUT2D eigenvalue weighted by atomic mass is 9.99. The number of hydrazine groups is 1. The van der Waals surface area contributed by atoms with E-state index in [1.807, 2.05) is 18.3 Å². The van der Waals surface area contributed by atoms with Crippen LogP contribution < -0.4 is 11.3 Å². The van der Waals surface area contributed by atoms with Gasteiger partial charge in [-0.15, -0.1) is 0 Å². The molecular formula is C14H23N5. The standard InChI is InChI=1S/C14H23N5/c15-17-12-4-5-16-13(9-12)10-18-7-8-19-6-2-1-3-14(19)11-18/h4-5,9,14H,1-3,6-8,10-11,15H2,(H,16,17). The van der Waals surface area contributed by atoms with Crippen LogP contribution in [0.2, 0.25) is 0 Å². The second-order valence-electron chi connectivity index (χ2n) is 5.60. The highest BCUT2D eigenvalue weighted by atomic mass is 15.3. The zero-order valence-electron chi connectivity index (χ0n) is 11.4. The third-order valence-electron chi connectivity index (χ3n) is 4.29. The first-order valence-electron chi connectivity index (χ1n) is 7.23. The Morgan fingerprint density at radius 1 is 1.32 bits per heavy atom. The Bertz CT molecular complexity index is 422. The molecule has 0 radical (unpaired) electrons. The quantitative estimate of drug-likeness (QED) is 0.629. The summed E-state index contributed by atoms with van der Waals surface area (Å²) in [5, 5.41) is 0. The van der Waals surface area contributed by atoms with Crippen LogP contribution in [-0.4, -0.2) is 47.0 Å². The zero-order chi connectivity index (χ0) is 13.1. The van der Waals surface area contributed by atoms with Gasteiger partial charge >= 0.3 is 0 Å². The fourth-order valence-corrected chi connectivity index (χ4v) is 3.25. The van der Waals surface area contributed by atoms with Crippen molar-refractivity contribution in [2.45, 2.75) is 31.8 Å². The van der Waals surface area contributed by atoms with E-state index in [1.54, 1.807) is 0 Å².